The summed E-state index contributed by atoms with van der Waals surface area (Å²) in [6.45, 7) is 5.47. The van der Waals surface area contributed by atoms with E-state index in [1.165, 1.54) is 18.2 Å². The predicted molar refractivity (Wildman–Crippen MR) is 85.1 cm³/mol. The molecule has 0 amide bonds. The molecule has 0 aromatic heterocycles. The van der Waals surface area contributed by atoms with E-state index in [2.05, 4.69) is 19.9 Å². The fourth-order valence-electron chi connectivity index (χ4n) is 2.33. The maximum absolute atomic E-state index is 12.4. The highest BCUT2D eigenvalue weighted by Gasteiger charge is 2.32. The zero-order valence-corrected chi connectivity index (χ0v) is 13.3. The number of guanidine groups is 1. The average Bonchev–Trinajstić information content (AvgIpc) is 2.54. The van der Waals surface area contributed by atoms with Crippen molar-refractivity contribution in [2.75, 3.05) is 38.2 Å². The fourth-order valence-corrected chi connectivity index (χ4v) is 2.33. The molecule has 0 saturated carbocycles. The second kappa shape index (κ2) is 8.20. The van der Waals surface area contributed by atoms with Crippen LogP contribution in [0.15, 0.2) is 29.3 Å². The molecule has 1 aliphatic heterocycles. The zero-order chi connectivity index (χ0) is 17.6. The van der Waals surface area contributed by atoms with Gasteiger partial charge in [-0.1, -0.05) is 12.1 Å². The van der Waals surface area contributed by atoms with E-state index in [-0.39, 0.29) is 23.4 Å². The summed E-state index contributed by atoms with van der Waals surface area (Å²) in [5.41, 5.74) is 5.88. The summed E-state index contributed by atoms with van der Waals surface area (Å²) >= 11 is 0. The van der Waals surface area contributed by atoms with Gasteiger partial charge in [0.15, 0.2) is 11.7 Å². The third-order valence-electron chi connectivity index (χ3n) is 3.57. The number of ether oxygens (including phenoxy) is 2. The normalized spacial score (nSPS) is 18.2. The van der Waals surface area contributed by atoms with E-state index in [1.54, 1.807) is 6.07 Å². The number of hydrogen-bond acceptors (Lipinski definition) is 4. The van der Waals surface area contributed by atoms with E-state index in [9.17, 15) is 13.2 Å². The van der Waals surface area contributed by atoms with Crippen molar-refractivity contribution in [2.24, 2.45) is 10.7 Å². The number of para-hydroxylation sites is 2. The number of nitrogens with two attached hydrogens (primary N) is 1. The first-order valence-corrected chi connectivity index (χ1v) is 7.58. The molecule has 1 fully saturated rings. The molecule has 0 bridgehead atoms. The molecule has 1 heterocycles. The minimum Gasteiger partial charge on any atom is -0.404 e. The van der Waals surface area contributed by atoms with Crippen molar-refractivity contribution in [2.45, 2.75) is 19.3 Å². The van der Waals surface area contributed by atoms with Gasteiger partial charge in [0.1, 0.15) is 0 Å². The van der Waals surface area contributed by atoms with Gasteiger partial charge < -0.3 is 20.5 Å². The molecule has 2 rings (SSSR count). The van der Waals surface area contributed by atoms with Crippen molar-refractivity contribution >= 4 is 11.6 Å². The molecular weight excluding hydrogens is 325 g/mol. The summed E-state index contributed by atoms with van der Waals surface area (Å²) in [7, 11) is 0. The smallest absolute Gasteiger partial charge is 0.404 e. The molecule has 0 radical (unpaired) electrons. The second-order valence-corrected chi connectivity index (χ2v) is 5.39. The summed E-state index contributed by atoms with van der Waals surface area (Å²) in [5, 5.41) is 2.65. The molecule has 9 heteroatoms. The standard InChI is InChI=1S/C15H21F3N4O2/c1-11(22-6-8-23-9-7-22)10-20-14(19)21-12-4-2-3-5-13(12)24-15(16,17)18/h2-5,11H,6-10H2,1H3,(H3,19,20,21). The maximum atomic E-state index is 12.4. The van der Waals surface area contributed by atoms with Crippen LogP contribution in [0.3, 0.4) is 0 Å². The Bertz CT molecular complexity index is 560. The van der Waals surface area contributed by atoms with Gasteiger partial charge in [-0.15, -0.1) is 13.2 Å². The van der Waals surface area contributed by atoms with Crippen LogP contribution in [0, 0.1) is 0 Å². The first-order chi connectivity index (χ1) is 11.3. The summed E-state index contributed by atoms with van der Waals surface area (Å²) < 4.78 is 46.4. The van der Waals surface area contributed by atoms with Crippen LogP contribution >= 0.6 is 0 Å². The molecule has 1 atom stereocenters. The molecule has 134 valence electrons. The number of aliphatic imine (C=N–C) groups is 1. The predicted octanol–water partition coefficient (Wildman–Crippen LogP) is 2.03. The lowest BCUT2D eigenvalue weighted by atomic mass is 10.2. The number of rotatable bonds is 5. The number of alkyl halides is 3. The molecule has 1 aromatic carbocycles. The van der Waals surface area contributed by atoms with Crippen LogP contribution in [0.2, 0.25) is 0 Å². The van der Waals surface area contributed by atoms with Crippen LogP contribution in [0.4, 0.5) is 18.9 Å². The van der Waals surface area contributed by atoms with Gasteiger partial charge >= 0.3 is 6.36 Å². The van der Waals surface area contributed by atoms with Crippen molar-refractivity contribution in [1.29, 1.82) is 0 Å². The number of halogens is 3. The number of nitrogens with zero attached hydrogens (tertiary/aromatic N) is 2. The van der Waals surface area contributed by atoms with Gasteiger partial charge in [-0.25, -0.2) is 0 Å². The SMILES string of the molecule is CC(CN=C(N)Nc1ccccc1OC(F)(F)F)N1CCOCC1. The molecular formula is C15H21F3N4O2. The van der Waals surface area contributed by atoms with Crippen LogP contribution in [0.25, 0.3) is 0 Å². The lowest BCUT2D eigenvalue weighted by Crippen LogP contribution is -2.43. The molecule has 0 spiro atoms. The molecule has 0 aliphatic carbocycles. The summed E-state index contributed by atoms with van der Waals surface area (Å²) in [4.78, 5) is 6.42. The molecule has 1 unspecified atom stereocenters. The lowest BCUT2D eigenvalue weighted by Gasteiger charge is -2.31. The highest BCUT2D eigenvalue weighted by atomic mass is 19.4. The van der Waals surface area contributed by atoms with Crippen molar-refractivity contribution in [3.8, 4) is 5.75 Å². The van der Waals surface area contributed by atoms with Crippen LogP contribution in [0.1, 0.15) is 6.92 Å². The van der Waals surface area contributed by atoms with Crippen LogP contribution < -0.4 is 15.8 Å². The molecule has 1 aliphatic rings. The maximum Gasteiger partial charge on any atom is 0.573 e. The van der Waals surface area contributed by atoms with Gasteiger partial charge in [-0.3, -0.25) is 9.89 Å². The Morgan fingerprint density at radius 3 is 2.71 bits per heavy atom. The zero-order valence-electron chi connectivity index (χ0n) is 13.3. The number of hydrogen-bond donors (Lipinski definition) is 2. The second-order valence-electron chi connectivity index (χ2n) is 5.39. The Labute approximate surface area is 138 Å². The molecule has 6 nitrogen and oxygen atoms in total. The Balaban J connectivity index is 1.94. The molecule has 1 saturated heterocycles. The monoisotopic (exact) mass is 346 g/mol. The van der Waals surface area contributed by atoms with Crippen LogP contribution in [0.5, 0.6) is 5.75 Å². The van der Waals surface area contributed by atoms with Crippen molar-refractivity contribution in [1.82, 2.24) is 4.90 Å². The van der Waals surface area contributed by atoms with E-state index in [1.807, 2.05) is 6.92 Å². The van der Waals surface area contributed by atoms with Gasteiger partial charge in [0.05, 0.1) is 25.4 Å². The van der Waals surface area contributed by atoms with E-state index in [4.69, 9.17) is 10.5 Å². The van der Waals surface area contributed by atoms with E-state index >= 15 is 0 Å². The largest absolute Gasteiger partial charge is 0.573 e. The third kappa shape index (κ3) is 5.89. The first kappa shape index (κ1) is 18.3. The fraction of sp³-hybridized carbons (Fsp3) is 0.533. The molecule has 1 aromatic rings. The first-order valence-electron chi connectivity index (χ1n) is 7.58. The van der Waals surface area contributed by atoms with Crippen LogP contribution in [-0.4, -0.2) is 56.1 Å². The van der Waals surface area contributed by atoms with E-state index < -0.39 is 6.36 Å². The Morgan fingerprint density at radius 2 is 2.04 bits per heavy atom. The Morgan fingerprint density at radius 1 is 1.38 bits per heavy atom. The van der Waals surface area contributed by atoms with Crippen molar-refractivity contribution in [3.05, 3.63) is 24.3 Å². The molecule has 3 N–H and O–H groups in total. The minimum atomic E-state index is -4.77. The van der Waals surface area contributed by atoms with Crippen LogP contribution in [-0.2, 0) is 4.74 Å². The van der Waals surface area contributed by atoms with Gasteiger partial charge in [-0.2, -0.15) is 0 Å². The topological polar surface area (TPSA) is 72.1 Å². The van der Waals surface area contributed by atoms with Gasteiger partial charge in [-0.05, 0) is 19.1 Å². The number of morpholine rings is 1. The van der Waals surface area contributed by atoms with E-state index in [0.29, 0.717) is 19.8 Å². The number of benzene rings is 1. The number of anilines is 1. The lowest BCUT2D eigenvalue weighted by molar-refractivity contribution is -0.274. The Kier molecular flexibility index (Phi) is 6.27. The van der Waals surface area contributed by atoms with Gasteiger partial charge in [0.2, 0.25) is 0 Å². The van der Waals surface area contributed by atoms with Crippen molar-refractivity contribution in [3.63, 3.8) is 0 Å². The Hall–Kier alpha value is -2.00. The minimum absolute atomic E-state index is 0.0355. The highest BCUT2D eigenvalue weighted by molar-refractivity contribution is 5.93. The van der Waals surface area contributed by atoms with Crippen molar-refractivity contribution < 1.29 is 22.6 Å². The summed E-state index contributed by atoms with van der Waals surface area (Å²) in [5.74, 6) is -0.322. The van der Waals surface area contributed by atoms with Gasteiger partial charge in [0.25, 0.3) is 0 Å². The quantitative estimate of drug-likeness (QED) is 0.631. The van der Waals surface area contributed by atoms with E-state index in [0.717, 1.165) is 13.1 Å². The summed E-state index contributed by atoms with van der Waals surface area (Å²) in [6, 6.07) is 5.83. The highest BCUT2D eigenvalue weighted by Crippen LogP contribution is 2.29. The van der Waals surface area contributed by atoms with Gasteiger partial charge in [0, 0.05) is 19.1 Å². The average molecular weight is 346 g/mol. The number of nitrogens with one attached hydrogen (secondary N) is 1. The molecule has 24 heavy (non-hydrogen) atoms. The third-order valence-corrected chi connectivity index (χ3v) is 3.57. The summed E-state index contributed by atoms with van der Waals surface area (Å²) in [6.07, 6.45) is -4.77.